The highest BCUT2D eigenvalue weighted by Crippen LogP contribution is 2.25. The maximum Gasteiger partial charge on any atom is 0.193 e. The molecule has 1 saturated heterocycles. The van der Waals surface area contributed by atoms with Crippen molar-refractivity contribution in [3.8, 4) is 0 Å². The second-order valence-corrected chi connectivity index (χ2v) is 4.69. The highest BCUT2D eigenvalue weighted by atomic mass is 16.5. The van der Waals surface area contributed by atoms with Gasteiger partial charge in [-0.2, -0.15) is 0 Å². The fourth-order valence-electron chi connectivity index (χ4n) is 2.33. The number of likely N-dealkylation sites (N-methyl/N-ethyl adjacent to an activating group) is 1. The Bertz CT molecular complexity index is 301. The number of hydrogen-bond donors (Lipinski definition) is 1. The van der Waals surface area contributed by atoms with E-state index in [9.17, 15) is 0 Å². The quantitative estimate of drug-likeness (QED) is 0.721. The van der Waals surface area contributed by atoms with Gasteiger partial charge < -0.3 is 15.0 Å². The highest BCUT2D eigenvalue weighted by Gasteiger charge is 2.29. The Morgan fingerprint density at radius 1 is 1.69 bits per heavy atom. The summed E-state index contributed by atoms with van der Waals surface area (Å²) in [4.78, 5) is 6.57. The molecule has 90 valence electrons. The van der Waals surface area contributed by atoms with Gasteiger partial charge in [0.05, 0.1) is 12.6 Å². The van der Waals surface area contributed by atoms with E-state index in [0.29, 0.717) is 5.92 Å². The molecule has 0 aromatic heterocycles. The maximum absolute atomic E-state index is 5.68. The van der Waals surface area contributed by atoms with Crippen molar-refractivity contribution in [3.05, 3.63) is 12.2 Å². The van der Waals surface area contributed by atoms with Crippen molar-refractivity contribution in [1.82, 2.24) is 10.2 Å². The average molecular weight is 223 g/mol. The van der Waals surface area contributed by atoms with Crippen molar-refractivity contribution in [2.45, 2.75) is 19.4 Å². The van der Waals surface area contributed by atoms with E-state index in [1.54, 1.807) is 0 Å². The van der Waals surface area contributed by atoms with Crippen LogP contribution in [0.5, 0.6) is 0 Å². The third-order valence-corrected chi connectivity index (χ3v) is 3.28. The Kier molecular flexibility index (Phi) is 3.49. The van der Waals surface area contributed by atoms with Crippen LogP contribution in [0.25, 0.3) is 0 Å². The first-order valence-electron chi connectivity index (χ1n) is 5.95. The number of aliphatic imine (C=N–C) groups is 1. The summed E-state index contributed by atoms with van der Waals surface area (Å²) in [5, 5.41) is 3.41. The number of ether oxygens (including phenoxy) is 1. The summed E-state index contributed by atoms with van der Waals surface area (Å²) in [5.41, 5.74) is 1.13. The summed E-state index contributed by atoms with van der Waals surface area (Å²) in [5.74, 6) is 1.56. The predicted octanol–water partition coefficient (Wildman–Crippen LogP) is 0.859. The van der Waals surface area contributed by atoms with Crippen LogP contribution in [0.4, 0.5) is 0 Å². The summed E-state index contributed by atoms with van der Waals surface area (Å²) >= 11 is 0. The van der Waals surface area contributed by atoms with Crippen molar-refractivity contribution >= 4 is 5.96 Å². The predicted molar refractivity (Wildman–Crippen MR) is 65.6 cm³/mol. The second kappa shape index (κ2) is 4.87. The average Bonchev–Trinajstić information content (AvgIpc) is 2.83. The largest absolute Gasteiger partial charge is 0.374 e. The van der Waals surface area contributed by atoms with Crippen LogP contribution in [0.2, 0.25) is 0 Å². The molecular weight excluding hydrogens is 202 g/mol. The molecule has 0 radical (unpaired) electrons. The minimum Gasteiger partial charge on any atom is -0.374 e. The molecule has 0 aromatic carbocycles. The zero-order valence-corrected chi connectivity index (χ0v) is 10.2. The summed E-state index contributed by atoms with van der Waals surface area (Å²) in [6.45, 7) is 9.75. The molecule has 2 aliphatic heterocycles. The van der Waals surface area contributed by atoms with E-state index in [2.05, 4.69) is 28.8 Å². The lowest BCUT2D eigenvalue weighted by molar-refractivity contribution is 0.119. The third kappa shape index (κ3) is 2.38. The van der Waals surface area contributed by atoms with Crippen LogP contribution in [0.15, 0.2) is 17.1 Å². The fraction of sp³-hybridized carbons (Fsp3) is 0.750. The van der Waals surface area contributed by atoms with Gasteiger partial charge in [0.25, 0.3) is 0 Å². The van der Waals surface area contributed by atoms with E-state index in [4.69, 9.17) is 4.74 Å². The van der Waals surface area contributed by atoms with Gasteiger partial charge in [0, 0.05) is 32.7 Å². The lowest BCUT2D eigenvalue weighted by atomic mass is 9.97. The molecule has 2 aliphatic rings. The smallest absolute Gasteiger partial charge is 0.193 e. The molecule has 0 spiro atoms. The number of guanidine groups is 1. The molecule has 1 N–H and O–H groups in total. The molecule has 0 aliphatic carbocycles. The molecule has 2 rings (SSSR count). The zero-order valence-electron chi connectivity index (χ0n) is 10.2. The van der Waals surface area contributed by atoms with E-state index in [1.165, 1.54) is 0 Å². The number of hydrogen-bond acceptors (Lipinski definition) is 4. The van der Waals surface area contributed by atoms with Gasteiger partial charge >= 0.3 is 0 Å². The first-order chi connectivity index (χ1) is 7.68. The van der Waals surface area contributed by atoms with E-state index in [1.807, 2.05) is 6.92 Å². The monoisotopic (exact) mass is 223 g/mol. The zero-order chi connectivity index (χ0) is 11.5. The minimum absolute atomic E-state index is 0.222. The van der Waals surface area contributed by atoms with Gasteiger partial charge in [0.1, 0.15) is 0 Å². The Morgan fingerprint density at radius 3 is 3.12 bits per heavy atom. The minimum atomic E-state index is 0.222. The number of nitrogens with zero attached hydrogens (tertiary/aromatic N) is 2. The molecule has 4 heteroatoms. The molecule has 4 nitrogen and oxygen atoms in total. The van der Waals surface area contributed by atoms with Gasteiger partial charge in [-0.3, -0.25) is 4.99 Å². The van der Waals surface area contributed by atoms with Gasteiger partial charge in [0.15, 0.2) is 5.96 Å². The van der Waals surface area contributed by atoms with Gasteiger partial charge in [-0.05, 0) is 13.3 Å². The van der Waals surface area contributed by atoms with Crippen molar-refractivity contribution < 1.29 is 4.74 Å². The molecular formula is C12H21N3O. The first-order valence-corrected chi connectivity index (χ1v) is 5.95. The lowest BCUT2D eigenvalue weighted by Gasteiger charge is -2.21. The molecule has 0 amide bonds. The van der Waals surface area contributed by atoms with Gasteiger partial charge in [0.2, 0.25) is 0 Å². The SMILES string of the molecule is C=C(C)C1OCCC1CNC1=NCCN1C. The number of nitrogens with one attached hydrogen (secondary N) is 1. The molecule has 0 saturated carbocycles. The Labute approximate surface area is 97.4 Å². The van der Waals surface area contributed by atoms with Gasteiger partial charge in [-0.15, -0.1) is 0 Å². The Morgan fingerprint density at radius 2 is 2.50 bits per heavy atom. The summed E-state index contributed by atoms with van der Waals surface area (Å²) < 4.78 is 5.68. The Hall–Kier alpha value is -1.03. The first kappa shape index (κ1) is 11.5. The third-order valence-electron chi connectivity index (χ3n) is 3.28. The molecule has 2 atom stereocenters. The molecule has 16 heavy (non-hydrogen) atoms. The molecule has 2 unspecified atom stereocenters. The van der Waals surface area contributed by atoms with Crippen LogP contribution in [0.1, 0.15) is 13.3 Å². The lowest BCUT2D eigenvalue weighted by Crippen LogP contribution is -2.39. The van der Waals surface area contributed by atoms with Crippen LogP contribution in [-0.2, 0) is 4.74 Å². The normalized spacial score (nSPS) is 29.4. The van der Waals surface area contributed by atoms with Crippen molar-refractivity contribution in [1.29, 1.82) is 0 Å². The van der Waals surface area contributed by atoms with Crippen LogP contribution in [-0.4, -0.2) is 50.3 Å². The van der Waals surface area contributed by atoms with Crippen LogP contribution in [0, 0.1) is 5.92 Å². The van der Waals surface area contributed by atoms with Crippen LogP contribution >= 0.6 is 0 Å². The van der Waals surface area contributed by atoms with Crippen LogP contribution < -0.4 is 5.32 Å². The topological polar surface area (TPSA) is 36.9 Å². The molecule has 0 bridgehead atoms. The van der Waals surface area contributed by atoms with Crippen molar-refractivity contribution in [3.63, 3.8) is 0 Å². The van der Waals surface area contributed by atoms with E-state index < -0.39 is 0 Å². The van der Waals surface area contributed by atoms with Crippen molar-refractivity contribution in [2.75, 3.05) is 33.3 Å². The fourth-order valence-corrected chi connectivity index (χ4v) is 2.33. The highest BCUT2D eigenvalue weighted by molar-refractivity contribution is 5.81. The van der Waals surface area contributed by atoms with Gasteiger partial charge in [-0.1, -0.05) is 12.2 Å². The summed E-state index contributed by atoms with van der Waals surface area (Å²) in [6, 6.07) is 0. The van der Waals surface area contributed by atoms with Gasteiger partial charge in [-0.25, -0.2) is 0 Å². The standard InChI is InChI=1S/C12H21N3O/c1-9(2)11-10(4-7-16-11)8-14-12-13-5-6-15(12)3/h10-11H,1,4-8H2,2-3H3,(H,13,14). The second-order valence-electron chi connectivity index (χ2n) is 4.69. The summed E-state index contributed by atoms with van der Waals surface area (Å²) in [7, 11) is 2.07. The maximum atomic E-state index is 5.68. The summed E-state index contributed by atoms with van der Waals surface area (Å²) in [6.07, 6.45) is 1.33. The van der Waals surface area contributed by atoms with Crippen molar-refractivity contribution in [2.24, 2.45) is 10.9 Å². The van der Waals surface area contributed by atoms with Crippen LogP contribution in [0.3, 0.4) is 0 Å². The van der Waals surface area contributed by atoms with E-state index >= 15 is 0 Å². The molecule has 2 heterocycles. The van der Waals surface area contributed by atoms with E-state index in [-0.39, 0.29) is 6.10 Å². The molecule has 0 aromatic rings. The molecule has 1 fully saturated rings. The Balaban J connectivity index is 1.83. The van der Waals surface area contributed by atoms with E-state index in [0.717, 1.165) is 44.2 Å². The number of rotatable bonds is 3.